The quantitative estimate of drug-likeness (QED) is 0.792. The Morgan fingerprint density at radius 2 is 2.25 bits per heavy atom. The summed E-state index contributed by atoms with van der Waals surface area (Å²) in [6.45, 7) is 0. The van der Waals surface area contributed by atoms with Crippen LogP contribution in [0, 0.1) is 0 Å². The fourth-order valence-electron chi connectivity index (χ4n) is 1.54. The van der Waals surface area contributed by atoms with E-state index in [1.165, 1.54) is 0 Å². The molecule has 16 heavy (non-hydrogen) atoms. The van der Waals surface area contributed by atoms with E-state index in [1.807, 2.05) is 35.2 Å². The molecule has 0 amide bonds. The number of nitrogens with zero attached hydrogens (tertiary/aromatic N) is 1. The topological polar surface area (TPSA) is 30.0 Å². The minimum Gasteiger partial charge on any atom is -0.299 e. The van der Waals surface area contributed by atoms with Crippen molar-refractivity contribution in [2.75, 3.05) is 0 Å². The van der Waals surface area contributed by atoms with Gasteiger partial charge in [0.05, 0.1) is 0 Å². The molecule has 0 aromatic carbocycles. The molecule has 0 saturated heterocycles. The number of rotatable bonds is 5. The van der Waals surface area contributed by atoms with Crippen LogP contribution in [-0.2, 0) is 17.6 Å². The van der Waals surface area contributed by atoms with E-state index in [1.54, 1.807) is 17.5 Å². The Balaban J connectivity index is 1.80. The highest BCUT2D eigenvalue weighted by molar-refractivity contribution is 7.07. The summed E-state index contributed by atoms with van der Waals surface area (Å²) in [5.74, 6) is 0.294. The molecule has 0 saturated carbocycles. The summed E-state index contributed by atoms with van der Waals surface area (Å²) >= 11 is 1.63. The van der Waals surface area contributed by atoms with Gasteiger partial charge in [-0.2, -0.15) is 11.3 Å². The zero-order chi connectivity index (χ0) is 11.2. The Labute approximate surface area is 99.0 Å². The van der Waals surface area contributed by atoms with E-state index in [2.05, 4.69) is 4.98 Å². The molecule has 0 spiro atoms. The van der Waals surface area contributed by atoms with Gasteiger partial charge in [0.1, 0.15) is 5.78 Å². The summed E-state index contributed by atoms with van der Waals surface area (Å²) in [5.41, 5.74) is 2.25. The average molecular weight is 231 g/mol. The molecule has 0 bridgehead atoms. The second-order valence-electron chi connectivity index (χ2n) is 3.71. The molecule has 2 nitrogen and oxygen atoms in total. The number of carbonyl (C=O) groups excluding carboxylic acids is 1. The van der Waals surface area contributed by atoms with Crippen LogP contribution in [0.4, 0.5) is 0 Å². The standard InChI is InChI=1S/C13H13NOS/c15-13(8-12-5-7-16-10-12)4-3-11-2-1-6-14-9-11/h1-2,5-7,9-10H,3-4,8H2. The van der Waals surface area contributed by atoms with Crippen molar-refractivity contribution >= 4 is 17.1 Å². The second kappa shape index (κ2) is 5.56. The van der Waals surface area contributed by atoms with Gasteiger partial charge in [0.15, 0.2) is 0 Å². The highest BCUT2D eigenvalue weighted by Crippen LogP contribution is 2.09. The molecule has 2 heterocycles. The molecular weight excluding hydrogens is 218 g/mol. The van der Waals surface area contributed by atoms with Crippen LogP contribution >= 0.6 is 11.3 Å². The van der Waals surface area contributed by atoms with Gasteiger partial charge in [-0.05, 0) is 40.4 Å². The molecule has 0 radical (unpaired) electrons. The second-order valence-corrected chi connectivity index (χ2v) is 4.49. The Hall–Kier alpha value is -1.48. The van der Waals surface area contributed by atoms with E-state index in [9.17, 15) is 4.79 Å². The maximum atomic E-state index is 11.7. The van der Waals surface area contributed by atoms with Gasteiger partial charge in [-0.15, -0.1) is 0 Å². The molecule has 0 fully saturated rings. The van der Waals surface area contributed by atoms with E-state index >= 15 is 0 Å². The van der Waals surface area contributed by atoms with Gasteiger partial charge in [-0.25, -0.2) is 0 Å². The molecule has 2 rings (SSSR count). The Kier molecular flexibility index (Phi) is 3.83. The molecule has 2 aromatic rings. The van der Waals surface area contributed by atoms with Gasteiger partial charge in [0, 0.05) is 25.2 Å². The third-order valence-corrected chi connectivity index (χ3v) is 3.13. The van der Waals surface area contributed by atoms with Gasteiger partial charge in [0.2, 0.25) is 0 Å². The minimum absolute atomic E-state index is 0.294. The summed E-state index contributed by atoms with van der Waals surface area (Å²) in [4.78, 5) is 15.7. The van der Waals surface area contributed by atoms with Crippen molar-refractivity contribution in [3.63, 3.8) is 0 Å². The van der Waals surface area contributed by atoms with Crippen molar-refractivity contribution in [3.05, 3.63) is 52.5 Å². The summed E-state index contributed by atoms with van der Waals surface area (Å²) in [7, 11) is 0. The highest BCUT2D eigenvalue weighted by atomic mass is 32.1. The van der Waals surface area contributed by atoms with Crippen LogP contribution in [0.2, 0.25) is 0 Å². The molecule has 3 heteroatoms. The lowest BCUT2D eigenvalue weighted by Crippen LogP contribution is -2.03. The lowest BCUT2D eigenvalue weighted by atomic mass is 10.1. The number of hydrogen-bond donors (Lipinski definition) is 0. The number of ketones is 1. The normalized spacial score (nSPS) is 10.2. The summed E-state index contributed by atoms with van der Waals surface area (Å²) in [5, 5.41) is 4.03. The number of aryl methyl sites for hydroxylation is 1. The first-order valence-corrected chi connectivity index (χ1v) is 6.20. The number of Topliss-reactive ketones (excluding diaryl/α,β-unsaturated/α-hetero) is 1. The van der Waals surface area contributed by atoms with E-state index in [4.69, 9.17) is 0 Å². The van der Waals surface area contributed by atoms with Gasteiger partial charge in [0.25, 0.3) is 0 Å². The van der Waals surface area contributed by atoms with E-state index in [0.717, 1.165) is 17.5 Å². The number of carbonyl (C=O) groups is 1. The largest absolute Gasteiger partial charge is 0.299 e. The number of pyridine rings is 1. The predicted octanol–water partition coefficient (Wildman–Crippen LogP) is 2.89. The monoisotopic (exact) mass is 231 g/mol. The molecule has 82 valence electrons. The van der Waals surface area contributed by atoms with Crippen LogP contribution in [0.3, 0.4) is 0 Å². The van der Waals surface area contributed by atoms with Crippen LogP contribution in [-0.4, -0.2) is 10.8 Å². The van der Waals surface area contributed by atoms with Crippen LogP contribution < -0.4 is 0 Å². The molecule has 0 aliphatic rings. The Bertz CT molecular complexity index is 436. The highest BCUT2D eigenvalue weighted by Gasteiger charge is 2.04. The molecule has 0 aliphatic heterocycles. The number of hydrogen-bond acceptors (Lipinski definition) is 3. The Morgan fingerprint density at radius 1 is 1.31 bits per heavy atom. The van der Waals surface area contributed by atoms with Crippen LogP contribution in [0.25, 0.3) is 0 Å². The third-order valence-electron chi connectivity index (χ3n) is 2.40. The van der Waals surface area contributed by atoms with Gasteiger partial charge in [-0.3, -0.25) is 9.78 Å². The maximum absolute atomic E-state index is 11.7. The van der Waals surface area contributed by atoms with Crippen molar-refractivity contribution < 1.29 is 4.79 Å². The third kappa shape index (κ3) is 3.28. The SMILES string of the molecule is O=C(CCc1cccnc1)Cc1ccsc1. The smallest absolute Gasteiger partial charge is 0.137 e. The summed E-state index contributed by atoms with van der Waals surface area (Å²) in [6, 6.07) is 5.91. The van der Waals surface area contributed by atoms with Crippen molar-refractivity contribution in [2.24, 2.45) is 0 Å². The molecular formula is C13H13NOS. The lowest BCUT2D eigenvalue weighted by molar-refractivity contribution is -0.118. The van der Waals surface area contributed by atoms with Crippen molar-refractivity contribution in [3.8, 4) is 0 Å². The van der Waals surface area contributed by atoms with Crippen LogP contribution in [0.5, 0.6) is 0 Å². The van der Waals surface area contributed by atoms with Crippen molar-refractivity contribution in [1.82, 2.24) is 4.98 Å². The fraction of sp³-hybridized carbons (Fsp3) is 0.231. The van der Waals surface area contributed by atoms with E-state index in [0.29, 0.717) is 18.6 Å². The zero-order valence-electron chi connectivity index (χ0n) is 8.93. The number of aromatic nitrogens is 1. The van der Waals surface area contributed by atoms with Crippen molar-refractivity contribution in [2.45, 2.75) is 19.3 Å². The molecule has 0 N–H and O–H groups in total. The minimum atomic E-state index is 0.294. The summed E-state index contributed by atoms with van der Waals surface area (Å²) in [6.07, 6.45) is 5.51. The average Bonchev–Trinajstić information content (AvgIpc) is 2.81. The summed E-state index contributed by atoms with van der Waals surface area (Å²) < 4.78 is 0. The van der Waals surface area contributed by atoms with Crippen LogP contribution in [0.1, 0.15) is 17.5 Å². The van der Waals surface area contributed by atoms with Gasteiger partial charge < -0.3 is 0 Å². The first kappa shape index (κ1) is 11.0. The first-order chi connectivity index (χ1) is 7.84. The van der Waals surface area contributed by atoms with E-state index < -0.39 is 0 Å². The number of thiophene rings is 1. The lowest BCUT2D eigenvalue weighted by Gasteiger charge is -1.99. The first-order valence-electron chi connectivity index (χ1n) is 5.26. The predicted molar refractivity (Wildman–Crippen MR) is 65.6 cm³/mol. The fourth-order valence-corrected chi connectivity index (χ4v) is 2.21. The molecule has 0 aliphatic carbocycles. The van der Waals surface area contributed by atoms with Gasteiger partial charge in [-0.1, -0.05) is 6.07 Å². The van der Waals surface area contributed by atoms with E-state index in [-0.39, 0.29) is 0 Å². The van der Waals surface area contributed by atoms with Crippen LogP contribution in [0.15, 0.2) is 41.4 Å². The molecule has 2 aromatic heterocycles. The maximum Gasteiger partial charge on any atom is 0.137 e. The Morgan fingerprint density at radius 3 is 2.94 bits per heavy atom. The molecule has 0 unspecified atom stereocenters. The van der Waals surface area contributed by atoms with Gasteiger partial charge >= 0.3 is 0 Å². The van der Waals surface area contributed by atoms with Crippen molar-refractivity contribution in [1.29, 1.82) is 0 Å². The molecule has 0 atom stereocenters. The zero-order valence-corrected chi connectivity index (χ0v) is 9.74.